The topological polar surface area (TPSA) is 71.1 Å². The molecule has 0 bridgehead atoms. The third-order valence-electron chi connectivity index (χ3n) is 4.69. The highest BCUT2D eigenvalue weighted by Gasteiger charge is 2.29. The second-order valence-corrected chi connectivity index (χ2v) is 9.06. The summed E-state index contributed by atoms with van der Waals surface area (Å²) >= 11 is 3.05. The standard InChI is InChI=1S/C22H17N3O2S2/c26-20(13-5-6-13)23-14-7-9-15(10-8-14)24-21(27)18-11-12-19(28-18)22-25-16-3-1-2-4-17(16)29-22/h1-4,7-13H,5-6H2,(H,23,26)(H,24,27). The molecule has 7 heteroatoms. The quantitative estimate of drug-likeness (QED) is 0.441. The Labute approximate surface area is 175 Å². The van der Waals surface area contributed by atoms with E-state index >= 15 is 0 Å². The van der Waals surface area contributed by atoms with Gasteiger partial charge in [0.15, 0.2) is 0 Å². The van der Waals surface area contributed by atoms with Crippen LogP contribution < -0.4 is 10.6 Å². The number of thiazole rings is 1. The van der Waals surface area contributed by atoms with Crippen LogP contribution in [0.1, 0.15) is 22.5 Å². The average Bonchev–Trinajstić information content (AvgIpc) is 3.31. The Balaban J connectivity index is 1.27. The van der Waals surface area contributed by atoms with Gasteiger partial charge in [-0.15, -0.1) is 22.7 Å². The van der Waals surface area contributed by atoms with Crippen molar-refractivity contribution in [3.8, 4) is 9.88 Å². The van der Waals surface area contributed by atoms with E-state index in [0.29, 0.717) is 10.6 Å². The molecule has 0 unspecified atom stereocenters. The lowest BCUT2D eigenvalue weighted by Crippen LogP contribution is -2.13. The second kappa shape index (κ2) is 7.42. The van der Waals surface area contributed by atoms with Crippen molar-refractivity contribution in [3.05, 3.63) is 65.5 Å². The average molecular weight is 420 g/mol. The van der Waals surface area contributed by atoms with Gasteiger partial charge in [0.05, 0.1) is 20.0 Å². The minimum absolute atomic E-state index is 0.0720. The number of thiophene rings is 1. The maximum absolute atomic E-state index is 12.6. The van der Waals surface area contributed by atoms with E-state index in [9.17, 15) is 9.59 Å². The number of anilines is 2. The van der Waals surface area contributed by atoms with E-state index in [-0.39, 0.29) is 17.7 Å². The Morgan fingerprint density at radius 2 is 1.59 bits per heavy atom. The lowest BCUT2D eigenvalue weighted by Gasteiger charge is -2.07. The minimum atomic E-state index is -0.155. The molecular formula is C22H17N3O2S2. The number of hydrogen-bond donors (Lipinski definition) is 2. The number of hydrogen-bond acceptors (Lipinski definition) is 5. The summed E-state index contributed by atoms with van der Waals surface area (Å²) in [6.07, 6.45) is 1.94. The van der Waals surface area contributed by atoms with E-state index in [4.69, 9.17) is 0 Å². The number of nitrogens with one attached hydrogen (secondary N) is 2. The largest absolute Gasteiger partial charge is 0.326 e. The summed E-state index contributed by atoms with van der Waals surface area (Å²) in [6, 6.07) is 19.0. The molecule has 0 spiro atoms. The van der Waals surface area contributed by atoms with Gasteiger partial charge in [-0.2, -0.15) is 0 Å². The van der Waals surface area contributed by atoms with E-state index in [0.717, 1.165) is 38.6 Å². The molecule has 4 aromatic rings. The van der Waals surface area contributed by atoms with Crippen LogP contribution in [0.2, 0.25) is 0 Å². The third-order valence-corrected chi connectivity index (χ3v) is 6.98. The predicted molar refractivity (Wildman–Crippen MR) is 119 cm³/mol. The van der Waals surface area contributed by atoms with Gasteiger partial charge in [-0.1, -0.05) is 12.1 Å². The van der Waals surface area contributed by atoms with E-state index in [1.54, 1.807) is 35.6 Å². The molecule has 0 radical (unpaired) electrons. The fourth-order valence-electron chi connectivity index (χ4n) is 2.97. The van der Waals surface area contributed by atoms with Gasteiger partial charge in [-0.05, 0) is 61.4 Å². The van der Waals surface area contributed by atoms with Gasteiger partial charge >= 0.3 is 0 Å². The highest BCUT2D eigenvalue weighted by Crippen LogP contribution is 2.34. The molecule has 0 atom stereocenters. The molecule has 2 N–H and O–H groups in total. The molecule has 2 amide bonds. The van der Waals surface area contributed by atoms with Crippen LogP contribution in [0.5, 0.6) is 0 Å². The minimum Gasteiger partial charge on any atom is -0.326 e. The molecule has 29 heavy (non-hydrogen) atoms. The number of benzene rings is 2. The number of amides is 2. The van der Waals surface area contributed by atoms with Crippen molar-refractivity contribution in [1.29, 1.82) is 0 Å². The Kier molecular flexibility index (Phi) is 4.61. The van der Waals surface area contributed by atoms with Crippen LogP contribution in [0.15, 0.2) is 60.7 Å². The van der Waals surface area contributed by atoms with Crippen molar-refractivity contribution in [1.82, 2.24) is 4.98 Å². The van der Waals surface area contributed by atoms with E-state index in [1.807, 2.05) is 30.3 Å². The highest BCUT2D eigenvalue weighted by atomic mass is 32.1. The number of rotatable bonds is 5. The lowest BCUT2D eigenvalue weighted by molar-refractivity contribution is -0.117. The molecule has 5 nitrogen and oxygen atoms in total. The third kappa shape index (κ3) is 3.92. The summed E-state index contributed by atoms with van der Waals surface area (Å²) in [6.45, 7) is 0. The smallest absolute Gasteiger partial charge is 0.265 e. The van der Waals surface area contributed by atoms with Gasteiger partial charge < -0.3 is 10.6 Å². The van der Waals surface area contributed by atoms with Crippen molar-refractivity contribution in [2.45, 2.75) is 12.8 Å². The van der Waals surface area contributed by atoms with Gasteiger partial charge in [0, 0.05) is 17.3 Å². The van der Waals surface area contributed by atoms with Crippen molar-refractivity contribution in [2.24, 2.45) is 5.92 Å². The first-order valence-corrected chi connectivity index (χ1v) is 11.0. The first-order valence-electron chi connectivity index (χ1n) is 9.34. The molecule has 1 aliphatic carbocycles. The summed E-state index contributed by atoms with van der Waals surface area (Å²) < 4.78 is 1.13. The zero-order chi connectivity index (χ0) is 19.8. The molecule has 1 fully saturated rings. The van der Waals surface area contributed by atoms with Crippen molar-refractivity contribution in [3.63, 3.8) is 0 Å². The number of aromatic nitrogens is 1. The number of para-hydroxylation sites is 1. The maximum Gasteiger partial charge on any atom is 0.265 e. The lowest BCUT2D eigenvalue weighted by atomic mass is 10.2. The predicted octanol–water partition coefficient (Wildman–Crippen LogP) is 5.63. The molecule has 2 aromatic carbocycles. The Morgan fingerprint density at radius 3 is 2.31 bits per heavy atom. The number of fused-ring (bicyclic) bond motifs is 1. The van der Waals surface area contributed by atoms with E-state index in [1.165, 1.54) is 11.3 Å². The summed E-state index contributed by atoms with van der Waals surface area (Å²) in [7, 11) is 0. The van der Waals surface area contributed by atoms with Gasteiger partial charge in [0.2, 0.25) is 5.91 Å². The van der Waals surface area contributed by atoms with Crippen molar-refractivity contribution in [2.75, 3.05) is 10.6 Å². The molecule has 1 aliphatic rings. The molecule has 0 saturated heterocycles. The fraction of sp³-hybridized carbons (Fsp3) is 0.136. The fourth-order valence-corrected chi connectivity index (χ4v) is 4.89. The zero-order valence-corrected chi connectivity index (χ0v) is 17.0. The number of carbonyl (C=O) groups excluding carboxylic acids is 2. The highest BCUT2D eigenvalue weighted by molar-refractivity contribution is 7.26. The van der Waals surface area contributed by atoms with Crippen molar-refractivity contribution < 1.29 is 9.59 Å². The molecule has 2 aromatic heterocycles. The number of carbonyl (C=O) groups is 2. The summed E-state index contributed by atoms with van der Waals surface area (Å²) in [4.78, 5) is 30.7. The summed E-state index contributed by atoms with van der Waals surface area (Å²) in [5.74, 6) is 0.0812. The van der Waals surface area contributed by atoms with Crippen LogP contribution in [-0.2, 0) is 4.79 Å². The number of nitrogens with zero attached hydrogens (tertiary/aromatic N) is 1. The molecule has 0 aliphatic heterocycles. The first kappa shape index (κ1) is 18.0. The first-order chi connectivity index (χ1) is 14.2. The van der Waals surface area contributed by atoms with Gasteiger partial charge in [-0.3, -0.25) is 9.59 Å². The Bertz CT molecular complexity index is 1170. The molecule has 5 rings (SSSR count). The second-order valence-electron chi connectivity index (χ2n) is 6.95. The molecule has 144 valence electrons. The summed E-state index contributed by atoms with van der Waals surface area (Å²) in [5.41, 5.74) is 2.41. The molecule has 2 heterocycles. The maximum atomic E-state index is 12.6. The SMILES string of the molecule is O=C(Nc1ccc(NC(=O)C2CC2)cc1)c1ccc(-c2nc3ccccc3s2)s1. The van der Waals surface area contributed by atoms with Gasteiger partial charge in [0.25, 0.3) is 5.91 Å². The van der Waals surface area contributed by atoms with E-state index in [2.05, 4.69) is 21.7 Å². The van der Waals surface area contributed by atoms with Crippen LogP contribution >= 0.6 is 22.7 Å². The van der Waals surface area contributed by atoms with Gasteiger partial charge in [0.1, 0.15) is 5.01 Å². The van der Waals surface area contributed by atoms with E-state index < -0.39 is 0 Å². The molecular weight excluding hydrogens is 402 g/mol. The van der Waals surface area contributed by atoms with Crippen LogP contribution in [-0.4, -0.2) is 16.8 Å². The van der Waals surface area contributed by atoms with Crippen LogP contribution in [0.25, 0.3) is 20.1 Å². The monoisotopic (exact) mass is 419 g/mol. The normalized spacial score (nSPS) is 13.4. The van der Waals surface area contributed by atoms with Crippen molar-refractivity contribution >= 4 is 56.1 Å². The van der Waals surface area contributed by atoms with Crippen LogP contribution in [0.4, 0.5) is 11.4 Å². The summed E-state index contributed by atoms with van der Waals surface area (Å²) in [5, 5.41) is 6.72. The van der Waals surface area contributed by atoms with Gasteiger partial charge in [-0.25, -0.2) is 4.98 Å². The molecule has 1 saturated carbocycles. The van der Waals surface area contributed by atoms with Crippen LogP contribution in [0, 0.1) is 5.92 Å². The zero-order valence-electron chi connectivity index (χ0n) is 15.3. The Morgan fingerprint density at radius 1 is 0.862 bits per heavy atom. The van der Waals surface area contributed by atoms with Crippen LogP contribution in [0.3, 0.4) is 0 Å². The Hall–Kier alpha value is -3.03.